The summed E-state index contributed by atoms with van der Waals surface area (Å²) in [7, 11) is 0. The molecular weight excluding hydrogens is 478 g/mol. The molecule has 0 fully saturated rings. The molecule has 0 amide bonds. The predicted octanol–water partition coefficient (Wildman–Crippen LogP) is 6.42. The fourth-order valence-corrected chi connectivity index (χ4v) is 3.32. The summed E-state index contributed by atoms with van der Waals surface area (Å²) in [6.07, 6.45) is 0. The topological polar surface area (TPSA) is 52.6 Å². The summed E-state index contributed by atoms with van der Waals surface area (Å²) >= 11 is 0. The Morgan fingerprint density at radius 1 is 0.629 bits per heavy atom. The van der Waals surface area contributed by atoms with Crippen LogP contribution < -0.4 is 9.47 Å². The van der Waals surface area contributed by atoms with Gasteiger partial charge in [0.25, 0.3) is 0 Å². The van der Waals surface area contributed by atoms with Gasteiger partial charge in [-0.3, -0.25) is 0 Å². The Labute approximate surface area is 193 Å². The number of rotatable bonds is 4. The van der Waals surface area contributed by atoms with Gasteiger partial charge in [0.1, 0.15) is 11.5 Å². The second kappa shape index (κ2) is 9.13. The van der Waals surface area contributed by atoms with Gasteiger partial charge in [-0.25, -0.2) is 35.9 Å². The first-order valence-electron chi connectivity index (χ1n) is 9.82. The zero-order valence-corrected chi connectivity index (χ0v) is 17.6. The van der Waals surface area contributed by atoms with Gasteiger partial charge >= 0.3 is 11.9 Å². The van der Waals surface area contributed by atoms with E-state index in [1.165, 1.54) is 18.2 Å². The Morgan fingerprint density at radius 3 is 1.51 bits per heavy atom. The van der Waals surface area contributed by atoms with Crippen LogP contribution in [0.4, 0.5) is 26.3 Å². The van der Waals surface area contributed by atoms with Crippen molar-refractivity contribution in [1.29, 1.82) is 0 Å². The van der Waals surface area contributed by atoms with Gasteiger partial charge in [-0.1, -0.05) is 18.2 Å². The molecule has 0 unspecified atom stereocenters. The molecule has 0 spiro atoms. The number of carbonyl (C=O) groups is 2. The van der Waals surface area contributed by atoms with Crippen LogP contribution in [0.5, 0.6) is 11.5 Å². The molecule has 0 aromatic heterocycles. The minimum Gasteiger partial charge on any atom is -0.422 e. The van der Waals surface area contributed by atoms with Gasteiger partial charge in [0, 0.05) is 0 Å². The Morgan fingerprint density at radius 2 is 1.06 bits per heavy atom. The fraction of sp³-hybridized carbons (Fsp3) is 0.0400. The van der Waals surface area contributed by atoms with Crippen molar-refractivity contribution >= 4 is 22.7 Å². The van der Waals surface area contributed by atoms with E-state index in [2.05, 4.69) is 0 Å². The van der Waals surface area contributed by atoms with Crippen LogP contribution in [0.2, 0.25) is 0 Å². The zero-order valence-electron chi connectivity index (χ0n) is 17.6. The first-order valence-corrected chi connectivity index (χ1v) is 9.82. The minimum atomic E-state index is -1.76. The first kappa shape index (κ1) is 23.8. The second-order valence-corrected chi connectivity index (χ2v) is 7.35. The van der Waals surface area contributed by atoms with Crippen molar-refractivity contribution in [3.05, 3.63) is 106 Å². The molecule has 0 N–H and O–H groups in total. The van der Waals surface area contributed by atoms with Gasteiger partial charge in [0.05, 0.1) is 16.5 Å². The van der Waals surface area contributed by atoms with Crippen molar-refractivity contribution in [1.82, 2.24) is 0 Å². The molecule has 0 saturated heterocycles. The monoisotopic (exact) mass is 490 g/mol. The Balaban J connectivity index is 1.74. The summed E-state index contributed by atoms with van der Waals surface area (Å²) in [5, 5.41) is 0.508. The van der Waals surface area contributed by atoms with Crippen LogP contribution in [0.25, 0.3) is 10.8 Å². The summed E-state index contributed by atoms with van der Waals surface area (Å²) in [6.45, 7) is 1.69. The van der Waals surface area contributed by atoms with Crippen molar-refractivity contribution < 1.29 is 45.4 Å². The highest BCUT2D eigenvalue weighted by atomic mass is 19.2. The maximum atomic E-state index is 13.5. The first-order chi connectivity index (χ1) is 16.6. The Kier molecular flexibility index (Phi) is 6.21. The largest absolute Gasteiger partial charge is 0.422 e. The summed E-state index contributed by atoms with van der Waals surface area (Å²) < 4.78 is 91.1. The van der Waals surface area contributed by atoms with E-state index < -0.39 is 58.0 Å². The summed E-state index contributed by atoms with van der Waals surface area (Å²) in [5.41, 5.74) is -0.598. The SMILES string of the molecule is Cc1ccc(OC(=O)c2cc(F)c(F)c(F)c2)c2c(OC(=O)c3cc(F)c(F)c(F)c3)cccc12. The lowest BCUT2D eigenvalue weighted by Gasteiger charge is -2.14. The van der Waals surface area contributed by atoms with Gasteiger partial charge < -0.3 is 9.47 Å². The highest BCUT2D eigenvalue weighted by Gasteiger charge is 2.21. The summed E-state index contributed by atoms with van der Waals surface area (Å²) in [5.74, 6) is -12.8. The van der Waals surface area contributed by atoms with Gasteiger partial charge in [-0.15, -0.1) is 0 Å². The van der Waals surface area contributed by atoms with Crippen LogP contribution in [-0.2, 0) is 0 Å². The number of halogens is 6. The normalized spacial score (nSPS) is 10.9. The Hall–Kier alpha value is -4.34. The molecule has 4 aromatic rings. The van der Waals surface area contributed by atoms with E-state index in [1.807, 2.05) is 0 Å². The van der Waals surface area contributed by atoms with E-state index in [0.717, 1.165) is 0 Å². The molecule has 10 heteroatoms. The van der Waals surface area contributed by atoms with E-state index in [9.17, 15) is 35.9 Å². The molecule has 0 heterocycles. The molecule has 0 atom stereocenters. The molecule has 0 aliphatic heterocycles. The highest BCUT2D eigenvalue weighted by molar-refractivity contribution is 6.01. The molecule has 0 aliphatic carbocycles. The van der Waals surface area contributed by atoms with Gasteiger partial charge in [-0.05, 0) is 54.3 Å². The third kappa shape index (κ3) is 4.54. The lowest BCUT2D eigenvalue weighted by Crippen LogP contribution is -2.12. The van der Waals surface area contributed by atoms with E-state index in [1.54, 1.807) is 19.1 Å². The maximum absolute atomic E-state index is 13.5. The number of carbonyl (C=O) groups excluding carboxylic acids is 2. The van der Waals surface area contributed by atoms with Crippen molar-refractivity contribution in [2.75, 3.05) is 0 Å². The number of ether oxygens (including phenoxy) is 2. The van der Waals surface area contributed by atoms with Gasteiger partial charge in [0.15, 0.2) is 34.9 Å². The quantitative estimate of drug-likeness (QED) is 0.143. The van der Waals surface area contributed by atoms with Crippen molar-refractivity contribution in [2.45, 2.75) is 6.92 Å². The number of hydrogen-bond acceptors (Lipinski definition) is 4. The average molecular weight is 490 g/mol. The number of aryl methyl sites for hydroxylation is 1. The van der Waals surface area contributed by atoms with Crippen LogP contribution in [-0.4, -0.2) is 11.9 Å². The molecule has 0 saturated carbocycles. The van der Waals surface area contributed by atoms with Crippen LogP contribution in [0.3, 0.4) is 0 Å². The molecule has 0 aliphatic rings. The van der Waals surface area contributed by atoms with E-state index in [4.69, 9.17) is 9.47 Å². The van der Waals surface area contributed by atoms with Crippen molar-refractivity contribution in [3.63, 3.8) is 0 Å². The lowest BCUT2D eigenvalue weighted by atomic mass is 10.0. The van der Waals surface area contributed by atoms with Crippen LogP contribution in [0, 0.1) is 41.8 Å². The maximum Gasteiger partial charge on any atom is 0.343 e. The van der Waals surface area contributed by atoms with Gasteiger partial charge in [0.2, 0.25) is 0 Å². The van der Waals surface area contributed by atoms with Crippen LogP contribution in [0.1, 0.15) is 26.3 Å². The number of hydrogen-bond donors (Lipinski definition) is 0. The number of fused-ring (bicyclic) bond motifs is 1. The molecule has 4 rings (SSSR count). The standard InChI is InChI=1S/C25H12F6O4/c1-11-5-6-20(35-25(33)13-9-17(28)23(31)18(29)10-13)21-14(11)3-2-4-19(21)34-24(32)12-7-15(26)22(30)16(27)8-12/h2-10H,1H3. The minimum absolute atomic E-state index is 0.0697. The second-order valence-electron chi connectivity index (χ2n) is 7.35. The molecule has 0 bridgehead atoms. The van der Waals surface area contributed by atoms with Crippen LogP contribution in [0.15, 0.2) is 54.6 Å². The van der Waals surface area contributed by atoms with E-state index in [0.29, 0.717) is 35.2 Å². The highest BCUT2D eigenvalue weighted by Crippen LogP contribution is 2.37. The Bertz CT molecular complexity index is 1390. The molecule has 35 heavy (non-hydrogen) atoms. The van der Waals surface area contributed by atoms with Gasteiger partial charge in [-0.2, -0.15) is 0 Å². The number of esters is 2. The van der Waals surface area contributed by atoms with Crippen molar-refractivity contribution in [2.24, 2.45) is 0 Å². The molecule has 0 radical (unpaired) electrons. The molecule has 4 nitrogen and oxygen atoms in total. The third-order valence-electron chi connectivity index (χ3n) is 5.03. The van der Waals surface area contributed by atoms with E-state index >= 15 is 0 Å². The molecule has 4 aromatic carbocycles. The van der Waals surface area contributed by atoms with E-state index in [-0.39, 0.29) is 16.9 Å². The average Bonchev–Trinajstić information content (AvgIpc) is 2.82. The van der Waals surface area contributed by atoms with Crippen LogP contribution >= 0.6 is 0 Å². The number of benzene rings is 4. The molecular formula is C25H12F6O4. The summed E-state index contributed by atoms with van der Waals surface area (Å²) in [6, 6.07) is 9.06. The predicted molar refractivity (Wildman–Crippen MR) is 111 cm³/mol. The lowest BCUT2D eigenvalue weighted by molar-refractivity contribution is 0.0734. The third-order valence-corrected chi connectivity index (χ3v) is 5.03. The zero-order chi connectivity index (χ0) is 25.4. The van der Waals surface area contributed by atoms with Crippen molar-refractivity contribution in [3.8, 4) is 11.5 Å². The summed E-state index contributed by atoms with van der Waals surface area (Å²) in [4.78, 5) is 25.0. The molecule has 178 valence electrons. The smallest absolute Gasteiger partial charge is 0.343 e. The fourth-order valence-electron chi connectivity index (χ4n) is 3.32.